The number of fused-ring (bicyclic) bond motifs is 9. The lowest BCUT2D eigenvalue weighted by atomic mass is 9.98. The van der Waals surface area contributed by atoms with Gasteiger partial charge in [0, 0.05) is 54.9 Å². The van der Waals surface area contributed by atoms with Crippen molar-refractivity contribution in [2.45, 2.75) is 0 Å². The van der Waals surface area contributed by atoms with Crippen LogP contribution in [0.15, 0.2) is 176 Å². The van der Waals surface area contributed by atoms with Gasteiger partial charge in [-0.1, -0.05) is 103 Å². The van der Waals surface area contributed by atoms with Crippen LogP contribution in [0.1, 0.15) is 11.1 Å². The summed E-state index contributed by atoms with van der Waals surface area (Å²) in [4.78, 5) is 0. The van der Waals surface area contributed by atoms with E-state index in [4.69, 9.17) is 0 Å². The van der Waals surface area contributed by atoms with E-state index in [9.17, 15) is 10.5 Å². The predicted molar refractivity (Wildman–Crippen MR) is 224 cm³/mol. The Bertz CT molecular complexity index is 3420. The molecular formula is C50H29N5. The predicted octanol–water partition coefficient (Wildman–Crippen LogP) is 12.4. The van der Waals surface area contributed by atoms with Gasteiger partial charge >= 0.3 is 0 Å². The van der Waals surface area contributed by atoms with Gasteiger partial charge in [-0.25, -0.2) is 0 Å². The van der Waals surface area contributed by atoms with Crippen molar-refractivity contribution in [1.82, 2.24) is 13.7 Å². The third-order valence-corrected chi connectivity index (χ3v) is 11.1. The van der Waals surface area contributed by atoms with E-state index in [1.54, 1.807) is 0 Å². The minimum Gasteiger partial charge on any atom is -0.309 e. The Morgan fingerprint density at radius 2 is 0.800 bits per heavy atom. The van der Waals surface area contributed by atoms with E-state index in [1.165, 1.54) is 16.2 Å². The molecule has 0 unspecified atom stereocenters. The summed E-state index contributed by atoms with van der Waals surface area (Å²) in [5.41, 5.74) is 12.3. The summed E-state index contributed by atoms with van der Waals surface area (Å²) in [5, 5.41) is 27.5. The van der Waals surface area contributed by atoms with Gasteiger partial charge in [0.2, 0.25) is 0 Å². The lowest BCUT2D eigenvalue weighted by Crippen LogP contribution is -1.99. The molecule has 0 aliphatic heterocycles. The first-order chi connectivity index (χ1) is 27.2. The van der Waals surface area contributed by atoms with Crippen molar-refractivity contribution in [2.75, 3.05) is 0 Å². The molecule has 0 saturated carbocycles. The first-order valence-electron chi connectivity index (χ1n) is 18.3. The van der Waals surface area contributed by atoms with Gasteiger partial charge in [0.25, 0.3) is 0 Å². The number of hydrogen-bond acceptors (Lipinski definition) is 2. The molecule has 0 saturated heterocycles. The van der Waals surface area contributed by atoms with Crippen LogP contribution in [-0.2, 0) is 0 Å². The zero-order valence-corrected chi connectivity index (χ0v) is 29.5. The van der Waals surface area contributed by atoms with Gasteiger partial charge in [-0.3, -0.25) is 0 Å². The molecular weight excluding hydrogens is 671 g/mol. The number of para-hydroxylation sites is 5. The molecule has 0 radical (unpaired) electrons. The number of nitrogens with zero attached hydrogens (tertiary/aromatic N) is 5. The minimum absolute atomic E-state index is 0.590. The topological polar surface area (TPSA) is 62.4 Å². The smallest absolute Gasteiger partial charge is 0.101 e. The maximum absolute atomic E-state index is 10.5. The lowest BCUT2D eigenvalue weighted by Gasteiger charge is -2.14. The highest BCUT2D eigenvalue weighted by atomic mass is 15.0. The van der Waals surface area contributed by atoms with Gasteiger partial charge in [-0.15, -0.1) is 0 Å². The highest BCUT2D eigenvalue weighted by molar-refractivity contribution is 6.13. The van der Waals surface area contributed by atoms with Crippen LogP contribution in [0.5, 0.6) is 0 Å². The Kier molecular flexibility index (Phi) is 6.61. The Morgan fingerprint density at radius 1 is 0.327 bits per heavy atom. The van der Waals surface area contributed by atoms with E-state index >= 15 is 0 Å². The number of rotatable bonds is 4. The molecule has 0 fully saturated rings. The van der Waals surface area contributed by atoms with Crippen LogP contribution in [0.2, 0.25) is 0 Å². The first-order valence-corrected chi connectivity index (χ1v) is 18.3. The van der Waals surface area contributed by atoms with Crippen LogP contribution in [0.25, 0.3) is 93.6 Å². The van der Waals surface area contributed by atoms with E-state index in [1.807, 2.05) is 36.4 Å². The average molecular weight is 700 g/mol. The zero-order valence-electron chi connectivity index (χ0n) is 29.5. The third-order valence-electron chi connectivity index (χ3n) is 11.1. The van der Waals surface area contributed by atoms with Crippen molar-refractivity contribution in [2.24, 2.45) is 0 Å². The van der Waals surface area contributed by atoms with Gasteiger partial charge in [0.15, 0.2) is 0 Å². The van der Waals surface area contributed by atoms with Gasteiger partial charge in [-0.2, -0.15) is 10.5 Å². The Hall–Kier alpha value is -7.86. The molecule has 0 bridgehead atoms. The van der Waals surface area contributed by atoms with E-state index in [2.05, 4.69) is 165 Å². The fourth-order valence-corrected chi connectivity index (χ4v) is 8.77. The van der Waals surface area contributed by atoms with E-state index < -0.39 is 0 Å². The van der Waals surface area contributed by atoms with Crippen molar-refractivity contribution < 1.29 is 0 Å². The molecule has 8 aromatic carbocycles. The first kappa shape index (κ1) is 30.7. The van der Waals surface area contributed by atoms with Crippen LogP contribution in [0, 0.1) is 22.7 Å². The minimum atomic E-state index is 0.590. The maximum atomic E-state index is 10.5. The van der Waals surface area contributed by atoms with Gasteiger partial charge in [0.05, 0.1) is 50.3 Å². The molecule has 3 aromatic heterocycles. The summed E-state index contributed by atoms with van der Waals surface area (Å²) >= 11 is 0. The van der Waals surface area contributed by atoms with E-state index in [-0.39, 0.29) is 0 Å². The molecule has 0 amide bonds. The third kappa shape index (κ3) is 4.45. The summed E-state index contributed by atoms with van der Waals surface area (Å²) in [5.74, 6) is 0. The maximum Gasteiger partial charge on any atom is 0.101 e. The molecule has 254 valence electrons. The fourth-order valence-electron chi connectivity index (χ4n) is 8.77. The zero-order chi connectivity index (χ0) is 36.6. The van der Waals surface area contributed by atoms with Gasteiger partial charge in [-0.05, 0) is 78.4 Å². The molecule has 55 heavy (non-hydrogen) atoms. The van der Waals surface area contributed by atoms with Crippen molar-refractivity contribution in [3.8, 4) is 40.3 Å². The van der Waals surface area contributed by atoms with Crippen LogP contribution in [-0.4, -0.2) is 13.7 Å². The quantitative estimate of drug-likeness (QED) is 0.184. The Morgan fingerprint density at radius 3 is 1.44 bits per heavy atom. The normalized spacial score (nSPS) is 11.6. The SMILES string of the molecule is N#Cc1ccc(-n2c3ccccc3c3ccc(-n4c5ccccc5c5ccccc54)cc32)cc1-c1cccc(-n2c3ccccc3c3cccc(C#N)c32)c1. The summed E-state index contributed by atoms with van der Waals surface area (Å²) < 4.78 is 6.85. The molecule has 11 aromatic rings. The van der Waals surface area contributed by atoms with Crippen LogP contribution in [0.3, 0.4) is 0 Å². The molecule has 5 nitrogen and oxygen atoms in total. The summed E-state index contributed by atoms with van der Waals surface area (Å²) in [6, 6.07) is 65.9. The van der Waals surface area contributed by atoms with Crippen molar-refractivity contribution in [1.29, 1.82) is 10.5 Å². The molecule has 0 aliphatic rings. The number of hydrogen-bond donors (Lipinski definition) is 0. The molecule has 11 rings (SSSR count). The second-order valence-electron chi connectivity index (χ2n) is 14.0. The number of aromatic nitrogens is 3. The molecule has 0 atom stereocenters. The van der Waals surface area contributed by atoms with Gasteiger partial charge < -0.3 is 13.7 Å². The van der Waals surface area contributed by atoms with Crippen LogP contribution in [0.4, 0.5) is 0 Å². The Labute approximate surface area is 316 Å². The lowest BCUT2D eigenvalue weighted by molar-refractivity contribution is 1.15. The van der Waals surface area contributed by atoms with E-state index in [0.29, 0.717) is 11.1 Å². The molecule has 5 heteroatoms. The van der Waals surface area contributed by atoms with Crippen molar-refractivity contribution in [3.63, 3.8) is 0 Å². The van der Waals surface area contributed by atoms with Crippen LogP contribution >= 0.6 is 0 Å². The molecule has 0 N–H and O–H groups in total. The van der Waals surface area contributed by atoms with Crippen LogP contribution < -0.4 is 0 Å². The van der Waals surface area contributed by atoms with Crippen molar-refractivity contribution in [3.05, 3.63) is 187 Å². The average Bonchev–Trinajstić information content (AvgIpc) is 3.89. The Balaban J connectivity index is 1.13. The van der Waals surface area contributed by atoms with E-state index in [0.717, 1.165) is 77.4 Å². The monoisotopic (exact) mass is 699 g/mol. The molecule has 0 aliphatic carbocycles. The summed E-state index contributed by atoms with van der Waals surface area (Å²) in [6.07, 6.45) is 0. The van der Waals surface area contributed by atoms with Crippen molar-refractivity contribution >= 4 is 65.4 Å². The standard InChI is InChI=1S/C50H29N5/c51-30-33-23-24-36(28-44(33)32-11-9-13-35(27-32)55-48-22-8-4-17-41(48)43-18-10-12-34(31-52)50(43)55)54-47-21-7-3-16-40(47)42-26-25-37(29-49(42)54)53-45-19-5-1-14-38(45)39-15-2-6-20-46(39)53/h1-29H. The number of benzene rings is 8. The number of nitriles is 2. The van der Waals surface area contributed by atoms with Gasteiger partial charge in [0.1, 0.15) is 6.07 Å². The largest absolute Gasteiger partial charge is 0.309 e. The summed E-state index contributed by atoms with van der Waals surface area (Å²) in [7, 11) is 0. The second-order valence-corrected chi connectivity index (χ2v) is 14.0. The summed E-state index contributed by atoms with van der Waals surface area (Å²) in [6.45, 7) is 0. The molecule has 0 spiro atoms. The fraction of sp³-hybridized carbons (Fsp3) is 0. The highest BCUT2D eigenvalue weighted by Gasteiger charge is 2.19. The molecule has 3 heterocycles. The second kappa shape index (κ2) is 11.8. The highest BCUT2D eigenvalue weighted by Crippen LogP contribution is 2.39.